The van der Waals surface area contributed by atoms with Gasteiger partial charge in [0.2, 0.25) is 34.7 Å². The lowest BCUT2D eigenvalue weighted by atomic mass is 9.92. The average Bonchev–Trinajstić information content (AvgIpc) is 4.24. The van der Waals surface area contributed by atoms with Crippen molar-refractivity contribution in [1.82, 2.24) is 66.3 Å². The van der Waals surface area contributed by atoms with Gasteiger partial charge in [0.15, 0.2) is 0 Å². The lowest BCUT2D eigenvalue weighted by molar-refractivity contribution is -0.143. The van der Waals surface area contributed by atoms with Crippen LogP contribution >= 0.6 is 11.8 Å². The highest BCUT2D eigenvalue weighted by Crippen LogP contribution is 2.36. The third-order valence-corrected chi connectivity index (χ3v) is 15.1. The molecule has 3 aliphatic rings. The molecule has 3 saturated heterocycles. The predicted octanol–water partition coefficient (Wildman–Crippen LogP) is 3.00. The number of hydrogen-bond donors (Lipinski definition) is 5. The topological polar surface area (TPSA) is 250 Å². The number of fused-ring (bicyclic) bond motifs is 1. The summed E-state index contributed by atoms with van der Waals surface area (Å²) in [6.07, 6.45) is 5.10. The molecule has 20 nitrogen and oxygen atoms in total. The number of nitrogens with zero attached hydrogens (tertiary/aromatic N) is 9. The molecule has 0 saturated carbocycles. The van der Waals surface area contributed by atoms with Gasteiger partial charge in [-0.25, -0.2) is 4.68 Å². The lowest BCUT2D eigenvalue weighted by Gasteiger charge is -2.33. The predicted molar refractivity (Wildman–Crippen MR) is 267 cm³/mol. The molecule has 5 aromatic rings. The molecule has 0 bridgehead atoms. The van der Waals surface area contributed by atoms with Crippen molar-refractivity contribution >= 4 is 41.3 Å². The van der Waals surface area contributed by atoms with E-state index in [2.05, 4.69) is 47.1 Å². The summed E-state index contributed by atoms with van der Waals surface area (Å²) in [6, 6.07) is 24.2. The van der Waals surface area contributed by atoms with Crippen LogP contribution in [0.15, 0.2) is 107 Å². The van der Waals surface area contributed by atoms with E-state index in [1.54, 1.807) is 46.3 Å². The van der Waals surface area contributed by atoms with Crippen LogP contribution in [0.1, 0.15) is 88.6 Å². The summed E-state index contributed by atoms with van der Waals surface area (Å²) in [5.74, 6) is -2.10. The molecule has 5 heterocycles. The summed E-state index contributed by atoms with van der Waals surface area (Å²) in [7, 11) is 1.67. The summed E-state index contributed by atoms with van der Waals surface area (Å²) in [5.41, 5.74) is 8.50. The number of rotatable bonds is 21. The van der Waals surface area contributed by atoms with Crippen molar-refractivity contribution in [2.24, 2.45) is 11.7 Å². The smallest absolute Gasteiger partial charge is 0.248 e. The standard InChI is InChI=1S/C51H66N14O6S/c1-5-41(52)47(67)56-45-36(23-24-38-25-26-42(65(38)50(45)70)48(68)55-44(34-16-9-6-10-17-34)35-18-11-7-12-19-35)28-62-29-37(57-60-62)31-71-33(3)43(54-46(66)32(2)53-4)49(69)63-27-15-20-39(63)30-64-51(58-59-61-64)72-40-21-13-8-14-22-40/h6-14,16-19,21-22,29,32-33,36,38-39,41-45,53H,5,15,20,23-28,30-31,52H2,1-4H3,(H,54,66)(H,55,68)(H,56,67)/t32-,33+,36+,38-,39-,41-,42-,43-,45-/m0/s1. The average molecular weight is 1000 g/mol. The second-order valence-corrected chi connectivity index (χ2v) is 20.0. The number of likely N-dealkylation sites (N-methyl/N-ethyl adjacent to an activating group) is 1. The number of aromatic nitrogens is 7. The van der Waals surface area contributed by atoms with Crippen LogP contribution in [0.4, 0.5) is 0 Å². The molecule has 5 amide bonds. The Balaban J connectivity index is 0.946. The van der Waals surface area contributed by atoms with E-state index in [1.165, 1.54) is 11.8 Å². The number of carbonyl (C=O) groups excluding carboxylic acids is 5. The number of hydrogen-bond acceptors (Lipinski definition) is 14. The highest BCUT2D eigenvalue weighted by atomic mass is 32.2. The van der Waals surface area contributed by atoms with Crippen LogP contribution in [0, 0.1) is 5.92 Å². The molecule has 0 radical (unpaired) electrons. The van der Waals surface area contributed by atoms with E-state index >= 15 is 0 Å². The molecule has 0 aliphatic carbocycles. The van der Waals surface area contributed by atoms with Crippen LogP contribution in [0.2, 0.25) is 0 Å². The van der Waals surface area contributed by atoms with Gasteiger partial charge in [0.1, 0.15) is 23.8 Å². The Bertz CT molecular complexity index is 2570. The quantitative estimate of drug-likeness (QED) is 0.0710. The maximum Gasteiger partial charge on any atom is 0.248 e. The van der Waals surface area contributed by atoms with Crippen LogP contribution in [0.5, 0.6) is 0 Å². The Morgan fingerprint density at radius 2 is 1.51 bits per heavy atom. The van der Waals surface area contributed by atoms with Gasteiger partial charge in [0.05, 0.1) is 49.6 Å². The molecule has 3 aliphatic heterocycles. The zero-order valence-electron chi connectivity index (χ0n) is 41.2. The fraction of sp³-hybridized carbons (Fsp3) is 0.490. The number of amides is 5. The SMILES string of the molecule is CC[C@H](N)C(=O)N[C@@H]1C(=O)N2[C@@H](CC[C@@H]1Cn1cc(CO[C@H](C)[C@H](NC(=O)[C@H](C)NC)C(=O)N3CCC[C@H]3Cn3nnnc3Sc3ccccc3)nn1)CC[C@H]2C(=O)NC(c1ccccc1)c1ccccc1. The highest BCUT2D eigenvalue weighted by molar-refractivity contribution is 7.99. The lowest BCUT2D eigenvalue weighted by Crippen LogP contribution is -2.58. The number of carbonyl (C=O) groups is 5. The fourth-order valence-corrected chi connectivity index (χ4v) is 10.7. The van der Waals surface area contributed by atoms with Crippen LogP contribution in [-0.4, -0.2) is 137 Å². The van der Waals surface area contributed by atoms with E-state index in [0.29, 0.717) is 56.0 Å². The molecule has 8 rings (SSSR count). The van der Waals surface area contributed by atoms with Gasteiger partial charge < -0.3 is 41.5 Å². The van der Waals surface area contributed by atoms with Gasteiger partial charge >= 0.3 is 0 Å². The monoisotopic (exact) mass is 1000 g/mol. The molecular formula is C51H66N14O6S. The molecule has 2 aromatic heterocycles. The first-order valence-corrected chi connectivity index (χ1v) is 25.8. The van der Waals surface area contributed by atoms with Crippen molar-refractivity contribution in [3.63, 3.8) is 0 Å². The minimum atomic E-state index is -1.03. The summed E-state index contributed by atoms with van der Waals surface area (Å²) < 4.78 is 9.66. The minimum absolute atomic E-state index is 0.0365. The summed E-state index contributed by atoms with van der Waals surface area (Å²) in [4.78, 5) is 75.1. The largest absolute Gasteiger partial charge is 0.369 e. The van der Waals surface area contributed by atoms with Crippen LogP contribution in [0.3, 0.4) is 0 Å². The highest BCUT2D eigenvalue weighted by Gasteiger charge is 2.48. The van der Waals surface area contributed by atoms with Gasteiger partial charge in [0.25, 0.3) is 0 Å². The van der Waals surface area contributed by atoms with Crippen LogP contribution < -0.4 is 27.0 Å². The molecule has 6 N–H and O–H groups in total. The van der Waals surface area contributed by atoms with Gasteiger partial charge in [-0.05, 0) is 111 Å². The normalized spacial score (nSPS) is 21.6. The van der Waals surface area contributed by atoms with Gasteiger partial charge in [-0.1, -0.05) is 91.0 Å². The number of tetrazole rings is 1. The molecule has 0 unspecified atom stereocenters. The first-order valence-electron chi connectivity index (χ1n) is 25.0. The minimum Gasteiger partial charge on any atom is -0.369 e. The van der Waals surface area contributed by atoms with E-state index in [9.17, 15) is 24.0 Å². The van der Waals surface area contributed by atoms with E-state index in [1.807, 2.05) is 97.9 Å². The fourth-order valence-electron chi connectivity index (χ4n) is 9.91. The molecule has 21 heteroatoms. The van der Waals surface area contributed by atoms with Crippen LogP contribution in [-0.2, 0) is 48.4 Å². The number of likely N-dealkylation sites (tertiary alicyclic amines) is 1. The Hall–Kier alpha value is -6.55. The first kappa shape index (κ1) is 51.8. The Morgan fingerprint density at radius 3 is 2.19 bits per heavy atom. The molecule has 3 aromatic carbocycles. The molecule has 9 atom stereocenters. The van der Waals surface area contributed by atoms with Crippen molar-refractivity contribution in [2.75, 3.05) is 13.6 Å². The van der Waals surface area contributed by atoms with E-state index in [-0.39, 0.29) is 48.9 Å². The van der Waals surface area contributed by atoms with Crippen molar-refractivity contribution < 1.29 is 28.7 Å². The van der Waals surface area contributed by atoms with Crippen molar-refractivity contribution in [1.29, 1.82) is 0 Å². The van der Waals surface area contributed by atoms with E-state index in [4.69, 9.17) is 10.5 Å². The van der Waals surface area contributed by atoms with Gasteiger partial charge in [0, 0.05) is 29.9 Å². The maximum atomic E-state index is 14.9. The summed E-state index contributed by atoms with van der Waals surface area (Å²) in [6.45, 7) is 6.32. The van der Waals surface area contributed by atoms with Crippen molar-refractivity contribution in [3.8, 4) is 0 Å². The number of nitrogens with one attached hydrogen (secondary N) is 4. The van der Waals surface area contributed by atoms with Gasteiger partial charge in [-0.2, -0.15) is 0 Å². The molecule has 72 heavy (non-hydrogen) atoms. The van der Waals surface area contributed by atoms with Crippen molar-refractivity contribution in [3.05, 3.63) is 114 Å². The summed E-state index contributed by atoms with van der Waals surface area (Å²) in [5, 5.41) is 33.9. The Labute approximate surface area is 423 Å². The summed E-state index contributed by atoms with van der Waals surface area (Å²) >= 11 is 1.44. The molecule has 3 fully saturated rings. The molecular weight excluding hydrogens is 937 g/mol. The zero-order valence-corrected chi connectivity index (χ0v) is 42.1. The second kappa shape index (κ2) is 24.2. The third-order valence-electron chi connectivity index (χ3n) is 14.2. The maximum absolute atomic E-state index is 14.9. The molecule has 0 spiro atoms. The Kier molecular flexibility index (Phi) is 17.4. The Morgan fingerprint density at radius 1 is 0.833 bits per heavy atom. The van der Waals surface area contributed by atoms with Gasteiger partial charge in [-0.15, -0.1) is 10.2 Å². The third kappa shape index (κ3) is 12.4. The number of benzene rings is 3. The first-order chi connectivity index (χ1) is 34.9. The van der Waals surface area contributed by atoms with Crippen LogP contribution in [0.25, 0.3) is 0 Å². The van der Waals surface area contributed by atoms with Gasteiger partial charge in [-0.3, -0.25) is 28.7 Å². The van der Waals surface area contributed by atoms with E-state index in [0.717, 1.165) is 28.9 Å². The van der Waals surface area contributed by atoms with Crippen molar-refractivity contribution in [2.45, 2.75) is 150 Å². The number of nitrogens with two attached hydrogens (primary N) is 1. The second-order valence-electron chi connectivity index (χ2n) is 18.9. The zero-order chi connectivity index (χ0) is 50.7. The number of ether oxygens (including phenoxy) is 1. The van der Waals surface area contributed by atoms with E-state index < -0.39 is 54.2 Å². The molecule has 382 valence electrons.